The average Bonchev–Trinajstić information content (AvgIpc) is 3.76. The van der Waals surface area contributed by atoms with Crippen LogP contribution in [0, 0.1) is 0 Å². The van der Waals surface area contributed by atoms with Crippen LogP contribution in [0.1, 0.15) is 27.8 Å². The van der Waals surface area contributed by atoms with Crippen molar-refractivity contribution in [1.29, 1.82) is 0 Å². The zero-order valence-corrected chi connectivity index (χ0v) is 27.3. The molecule has 8 rings (SSSR count). The first kappa shape index (κ1) is 30.8. The van der Waals surface area contributed by atoms with Gasteiger partial charge in [0.25, 0.3) is 10.0 Å². The number of ether oxygens (including phenoxy) is 2. The van der Waals surface area contributed by atoms with Gasteiger partial charge in [-0.25, -0.2) is 8.42 Å². The molecule has 5 aromatic rings. The molecule has 2 N–H and O–H groups in total. The Labute approximate surface area is 280 Å². The van der Waals surface area contributed by atoms with E-state index in [-0.39, 0.29) is 43.3 Å². The number of methoxy groups -OCH3 is 1. The maximum atomic E-state index is 14.7. The smallest absolute Gasteiger partial charge is 0.264 e. The highest BCUT2D eigenvalue weighted by Crippen LogP contribution is 2.61. The number of fused-ring (bicyclic) bond motifs is 5. The summed E-state index contributed by atoms with van der Waals surface area (Å²) in [6, 6.07) is 38.1. The van der Waals surface area contributed by atoms with Crippen LogP contribution in [0.25, 0.3) is 11.1 Å². The van der Waals surface area contributed by atoms with Crippen molar-refractivity contribution in [2.75, 3.05) is 24.8 Å². The first-order valence-electron chi connectivity index (χ1n) is 16.1. The van der Waals surface area contributed by atoms with Crippen LogP contribution in [0.15, 0.2) is 126 Å². The van der Waals surface area contributed by atoms with Crippen molar-refractivity contribution in [3.8, 4) is 16.9 Å². The van der Waals surface area contributed by atoms with Gasteiger partial charge in [-0.3, -0.25) is 9.21 Å². The van der Waals surface area contributed by atoms with Gasteiger partial charge in [0, 0.05) is 25.1 Å². The molecule has 4 atom stereocenters. The van der Waals surface area contributed by atoms with Gasteiger partial charge in [0.05, 0.1) is 41.4 Å². The minimum atomic E-state index is -4.10. The van der Waals surface area contributed by atoms with Crippen LogP contribution >= 0.6 is 0 Å². The van der Waals surface area contributed by atoms with Crippen molar-refractivity contribution in [3.63, 3.8) is 0 Å². The Kier molecular flexibility index (Phi) is 7.62. The summed E-state index contributed by atoms with van der Waals surface area (Å²) >= 11 is 0. The van der Waals surface area contributed by atoms with E-state index in [0.717, 1.165) is 27.8 Å². The third-order valence-corrected chi connectivity index (χ3v) is 11.8. The van der Waals surface area contributed by atoms with Crippen molar-refractivity contribution < 1.29 is 28.1 Å². The fraction of sp³-hybridized carbons (Fsp3) is 0.231. The Morgan fingerprint density at radius 3 is 2.06 bits per heavy atom. The van der Waals surface area contributed by atoms with Crippen molar-refractivity contribution in [1.82, 2.24) is 4.90 Å². The molecule has 48 heavy (non-hydrogen) atoms. The summed E-state index contributed by atoms with van der Waals surface area (Å²) in [4.78, 5) is 2.48. The zero-order chi connectivity index (χ0) is 33.0. The van der Waals surface area contributed by atoms with Crippen LogP contribution in [0.4, 0.5) is 5.69 Å². The second-order valence-electron chi connectivity index (χ2n) is 12.6. The summed E-state index contributed by atoms with van der Waals surface area (Å²) in [7, 11) is -2.59. The van der Waals surface area contributed by atoms with Gasteiger partial charge >= 0.3 is 0 Å². The van der Waals surface area contributed by atoms with E-state index >= 15 is 0 Å². The second kappa shape index (κ2) is 11.9. The molecule has 0 bridgehead atoms. The van der Waals surface area contributed by atoms with Gasteiger partial charge in [-0.15, -0.1) is 0 Å². The lowest BCUT2D eigenvalue weighted by Crippen LogP contribution is -2.41. The summed E-state index contributed by atoms with van der Waals surface area (Å²) in [6.07, 6.45) is -0.729. The number of aliphatic hydroxyl groups excluding tert-OH is 2. The van der Waals surface area contributed by atoms with Gasteiger partial charge in [-0.05, 0) is 57.6 Å². The van der Waals surface area contributed by atoms with Gasteiger partial charge in [0.15, 0.2) is 6.79 Å². The number of hydrogen-bond donors (Lipinski definition) is 2. The highest BCUT2D eigenvalue weighted by molar-refractivity contribution is 7.92. The molecule has 5 aromatic carbocycles. The number of benzene rings is 5. The summed E-state index contributed by atoms with van der Waals surface area (Å²) in [5.41, 5.74) is 6.10. The number of sulfonamides is 1. The third-order valence-electron chi connectivity index (χ3n) is 10.0. The van der Waals surface area contributed by atoms with E-state index in [9.17, 15) is 18.6 Å². The second-order valence-corrected chi connectivity index (χ2v) is 14.4. The van der Waals surface area contributed by atoms with Crippen LogP contribution in [0.2, 0.25) is 0 Å². The Hall–Kier alpha value is -4.51. The number of aliphatic hydroxyl groups is 2. The fourth-order valence-electron chi connectivity index (χ4n) is 8.04. The molecule has 1 fully saturated rings. The van der Waals surface area contributed by atoms with E-state index in [2.05, 4.69) is 41.3 Å². The molecule has 1 saturated heterocycles. The van der Waals surface area contributed by atoms with Gasteiger partial charge in [0.1, 0.15) is 5.75 Å². The molecule has 2 aliphatic heterocycles. The predicted octanol–water partition coefficient (Wildman–Crippen LogP) is 5.30. The van der Waals surface area contributed by atoms with E-state index in [4.69, 9.17) is 9.47 Å². The summed E-state index contributed by atoms with van der Waals surface area (Å²) < 4.78 is 42.0. The van der Waals surface area contributed by atoms with Gasteiger partial charge < -0.3 is 19.7 Å². The Bertz CT molecular complexity index is 2040. The van der Waals surface area contributed by atoms with Crippen LogP contribution < -0.4 is 9.04 Å². The average molecular weight is 661 g/mol. The standard InChI is InChI=1S/C39H36N2O6S/c1-46-25-47-37-21-26(24-42)20-34-31(37)22-36(43)38-35(23-40(34)48(44,45)28-14-6-3-7-15-28)41(38)39(27-12-4-2-5-13-27)32-18-10-8-16-29(32)30-17-9-11-19-33(30)39/h2-21,35-36,38,42-43H,22-25H2,1H3/t35-,36+,38-,41?/m0/s1. The van der Waals surface area contributed by atoms with E-state index in [1.165, 1.54) is 11.4 Å². The molecule has 0 radical (unpaired) electrons. The Morgan fingerprint density at radius 1 is 0.833 bits per heavy atom. The molecule has 3 aliphatic rings. The van der Waals surface area contributed by atoms with Crippen LogP contribution in [0.5, 0.6) is 5.75 Å². The first-order chi connectivity index (χ1) is 23.4. The van der Waals surface area contributed by atoms with Gasteiger partial charge in [-0.2, -0.15) is 0 Å². The maximum absolute atomic E-state index is 14.7. The molecule has 0 spiro atoms. The first-order valence-corrected chi connectivity index (χ1v) is 17.5. The number of nitrogens with zero attached hydrogens (tertiary/aromatic N) is 2. The summed E-state index contributed by atoms with van der Waals surface area (Å²) in [5, 5.41) is 22.4. The molecule has 2 heterocycles. The highest BCUT2D eigenvalue weighted by Gasteiger charge is 2.66. The zero-order valence-electron chi connectivity index (χ0n) is 26.4. The van der Waals surface area contributed by atoms with Crippen LogP contribution in [-0.2, 0) is 33.3 Å². The maximum Gasteiger partial charge on any atom is 0.264 e. The topological polar surface area (TPSA) is 99.3 Å². The quantitative estimate of drug-likeness (QED) is 0.172. The van der Waals surface area contributed by atoms with E-state index in [0.29, 0.717) is 22.6 Å². The van der Waals surface area contributed by atoms with E-state index < -0.39 is 21.7 Å². The van der Waals surface area contributed by atoms with E-state index in [1.54, 1.807) is 42.5 Å². The monoisotopic (exact) mass is 660 g/mol. The molecule has 0 aromatic heterocycles. The Morgan fingerprint density at radius 2 is 1.44 bits per heavy atom. The molecule has 1 unspecified atom stereocenters. The molecule has 9 heteroatoms. The van der Waals surface area contributed by atoms with Gasteiger partial charge in [-0.1, -0.05) is 97.1 Å². The molecule has 1 aliphatic carbocycles. The third kappa shape index (κ3) is 4.61. The van der Waals surface area contributed by atoms with Crippen molar-refractivity contribution >= 4 is 15.7 Å². The summed E-state index contributed by atoms with van der Waals surface area (Å²) in [5.74, 6) is 0.366. The largest absolute Gasteiger partial charge is 0.467 e. The SMILES string of the molecule is COCOc1cc(CO)cc2c1C[C@@H](O)[C@@H]1[C@H](CN2S(=O)(=O)c2ccccc2)N1C1(c2ccccc2)c2ccccc2-c2ccccc21. The summed E-state index contributed by atoms with van der Waals surface area (Å²) in [6.45, 7) is -0.323. The van der Waals surface area contributed by atoms with Crippen molar-refractivity contribution in [2.24, 2.45) is 0 Å². The number of anilines is 1. The molecular formula is C39H36N2O6S. The molecule has 0 amide bonds. The van der Waals surface area contributed by atoms with Crippen LogP contribution in [-0.4, -0.2) is 62.2 Å². The minimum Gasteiger partial charge on any atom is -0.467 e. The lowest BCUT2D eigenvalue weighted by Gasteiger charge is -2.36. The van der Waals surface area contributed by atoms with Crippen LogP contribution in [0.3, 0.4) is 0 Å². The normalized spacial score (nSPS) is 22.0. The van der Waals surface area contributed by atoms with Crippen molar-refractivity contribution in [3.05, 3.63) is 149 Å². The molecule has 8 nitrogen and oxygen atoms in total. The van der Waals surface area contributed by atoms with Crippen molar-refractivity contribution in [2.45, 2.75) is 41.6 Å². The highest BCUT2D eigenvalue weighted by atomic mass is 32.2. The van der Waals surface area contributed by atoms with E-state index in [1.807, 2.05) is 42.5 Å². The number of rotatable bonds is 8. The Balaban J connectivity index is 1.36. The fourth-order valence-corrected chi connectivity index (χ4v) is 9.57. The molecule has 244 valence electrons. The van der Waals surface area contributed by atoms with Gasteiger partial charge in [0.2, 0.25) is 0 Å². The predicted molar refractivity (Wildman–Crippen MR) is 183 cm³/mol. The molecular weight excluding hydrogens is 625 g/mol. The molecule has 0 saturated carbocycles. The number of hydrogen-bond acceptors (Lipinski definition) is 7. The lowest BCUT2D eigenvalue weighted by atomic mass is 9.80. The minimum absolute atomic E-state index is 0.0729. The lowest BCUT2D eigenvalue weighted by molar-refractivity contribution is 0.0495.